The highest BCUT2D eigenvalue weighted by molar-refractivity contribution is 7.89. The number of para-hydroxylation sites is 1. The molecule has 0 fully saturated rings. The van der Waals surface area contributed by atoms with Crippen LogP contribution in [0.25, 0.3) is 0 Å². The number of nitrogens with zero attached hydrogens (tertiary/aromatic N) is 1. The molecule has 0 atom stereocenters. The van der Waals surface area contributed by atoms with Crippen LogP contribution in [0.4, 0.5) is 11.4 Å². The van der Waals surface area contributed by atoms with E-state index in [1.165, 1.54) is 18.2 Å². The van der Waals surface area contributed by atoms with Gasteiger partial charge in [0.2, 0.25) is 10.0 Å². The minimum Gasteiger partial charge on any atom is -0.379 e. The van der Waals surface area contributed by atoms with E-state index in [4.69, 9.17) is 0 Å². The molecule has 0 saturated heterocycles. The fraction of sp³-hybridized carbons (Fsp3) is 0.500. The molecule has 0 saturated carbocycles. The van der Waals surface area contributed by atoms with Gasteiger partial charge in [0, 0.05) is 12.6 Å². The van der Waals surface area contributed by atoms with Crippen molar-refractivity contribution in [3.8, 4) is 0 Å². The molecule has 0 unspecified atom stereocenters. The average Bonchev–Trinajstić information content (AvgIpc) is 2.34. The van der Waals surface area contributed by atoms with Crippen LogP contribution in [-0.4, -0.2) is 25.9 Å². The van der Waals surface area contributed by atoms with Crippen LogP contribution in [0.3, 0.4) is 0 Å². The number of nitro groups is 1. The molecule has 8 heteroatoms. The molecule has 112 valence electrons. The summed E-state index contributed by atoms with van der Waals surface area (Å²) in [6.45, 7) is 5.76. The van der Waals surface area contributed by atoms with Crippen LogP contribution in [0, 0.1) is 10.1 Å². The van der Waals surface area contributed by atoms with Gasteiger partial charge in [0.05, 0.1) is 4.92 Å². The van der Waals surface area contributed by atoms with Crippen molar-refractivity contribution >= 4 is 21.4 Å². The quantitative estimate of drug-likeness (QED) is 0.593. The number of rotatable bonds is 7. The van der Waals surface area contributed by atoms with E-state index in [2.05, 4.69) is 10.0 Å². The summed E-state index contributed by atoms with van der Waals surface area (Å²) in [5.74, 6) is 0. The Bertz CT molecular complexity index is 584. The molecule has 0 heterocycles. The number of hydrogen-bond donors (Lipinski definition) is 2. The molecular formula is C12H19N3O4S. The Balaban J connectivity index is 3.36. The standard InChI is InChI=1S/C12H19N3O4S/c1-4-8-13-10-6-5-7-11(12(10)15(16)17)20(18,19)14-9(2)3/h5-7,9,13-14H,4,8H2,1-3H3. The van der Waals surface area contributed by atoms with Crippen LogP contribution in [0.15, 0.2) is 23.1 Å². The van der Waals surface area contributed by atoms with E-state index in [1.54, 1.807) is 13.8 Å². The predicted molar refractivity (Wildman–Crippen MR) is 77.3 cm³/mol. The lowest BCUT2D eigenvalue weighted by molar-refractivity contribution is -0.386. The highest BCUT2D eigenvalue weighted by atomic mass is 32.2. The summed E-state index contributed by atoms with van der Waals surface area (Å²) in [5, 5.41) is 14.1. The summed E-state index contributed by atoms with van der Waals surface area (Å²) >= 11 is 0. The number of anilines is 1. The SMILES string of the molecule is CCCNc1cccc(S(=O)(=O)NC(C)C)c1[N+](=O)[O-]. The van der Waals surface area contributed by atoms with Gasteiger partial charge in [0.15, 0.2) is 4.90 Å². The largest absolute Gasteiger partial charge is 0.379 e. The number of benzene rings is 1. The molecule has 1 rings (SSSR count). The minimum absolute atomic E-state index is 0.212. The van der Waals surface area contributed by atoms with Crippen molar-refractivity contribution in [3.05, 3.63) is 28.3 Å². The molecule has 0 aromatic heterocycles. The third-order valence-electron chi connectivity index (χ3n) is 2.43. The third kappa shape index (κ3) is 3.91. The zero-order chi connectivity index (χ0) is 15.3. The molecule has 0 aliphatic carbocycles. The van der Waals surface area contributed by atoms with Crippen LogP contribution in [0.5, 0.6) is 0 Å². The molecular weight excluding hydrogens is 282 g/mol. The lowest BCUT2D eigenvalue weighted by atomic mass is 10.2. The Hall–Kier alpha value is -1.67. The lowest BCUT2D eigenvalue weighted by Gasteiger charge is -2.12. The number of nitrogens with one attached hydrogen (secondary N) is 2. The first-order valence-corrected chi connectivity index (χ1v) is 7.81. The maximum absolute atomic E-state index is 12.2. The van der Waals surface area contributed by atoms with Gasteiger partial charge in [-0.15, -0.1) is 0 Å². The van der Waals surface area contributed by atoms with Crippen molar-refractivity contribution in [2.75, 3.05) is 11.9 Å². The molecule has 0 aliphatic rings. The molecule has 1 aromatic carbocycles. The first-order valence-electron chi connectivity index (χ1n) is 6.33. The molecule has 1 aromatic rings. The van der Waals surface area contributed by atoms with E-state index < -0.39 is 20.6 Å². The molecule has 0 aliphatic heterocycles. The summed E-state index contributed by atoms with van der Waals surface area (Å²) in [4.78, 5) is 10.2. The predicted octanol–water partition coefficient (Wildman–Crippen LogP) is 2.10. The Morgan fingerprint density at radius 3 is 2.50 bits per heavy atom. The minimum atomic E-state index is -3.91. The zero-order valence-corrected chi connectivity index (χ0v) is 12.5. The van der Waals surface area contributed by atoms with Crippen LogP contribution < -0.4 is 10.0 Å². The van der Waals surface area contributed by atoms with E-state index >= 15 is 0 Å². The first-order chi connectivity index (χ1) is 9.29. The van der Waals surface area contributed by atoms with Gasteiger partial charge in [-0.25, -0.2) is 13.1 Å². The summed E-state index contributed by atoms with van der Waals surface area (Å²) in [7, 11) is -3.91. The molecule has 0 radical (unpaired) electrons. The second-order valence-electron chi connectivity index (χ2n) is 4.61. The summed E-state index contributed by atoms with van der Waals surface area (Å²) in [5.41, 5.74) is -0.211. The number of hydrogen-bond acceptors (Lipinski definition) is 5. The van der Waals surface area contributed by atoms with Crippen molar-refractivity contribution in [2.24, 2.45) is 0 Å². The van der Waals surface area contributed by atoms with Gasteiger partial charge < -0.3 is 5.32 Å². The van der Waals surface area contributed by atoms with Crippen molar-refractivity contribution in [1.29, 1.82) is 0 Å². The van der Waals surface area contributed by atoms with E-state index in [1.807, 2.05) is 6.92 Å². The Morgan fingerprint density at radius 2 is 2.00 bits per heavy atom. The van der Waals surface area contributed by atoms with Gasteiger partial charge in [-0.3, -0.25) is 10.1 Å². The van der Waals surface area contributed by atoms with Gasteiger partial charge in [-0.2, -0.15) is 0 Å². The highest BCUT2D eigenvalue weighted by Crippen LogP contribution is 2.31. The smallest absolute Gasteiger partial charge is 0.312 e. The summed E-state index contributed by atoms with van der Waals surface area (Å²) < 4.78 is 26.7. The Kier molecular flexibility index (Phi) is 5.46. The molecule has 2 N–H and O–H groups in total. The van der Waals surface area contributed by atoms with Crippen molar-refractivity contribution in [3.63, 3.8) is 0 Å². The van der Waals surface area contributed by atoms with Crippen LogP contribution in [-0.2, 0) is 10.0 Å². The maximum Gasteiger partial charge on any atom is 0.312 e. The topological polar surface area (TPSA) is 101 Å². The van der Waals surface area contributed by atoms with E-state index in [-0.39, 0.29) is 16.6 Å². The summed E-state index contributed by atoms with van der Waals surface area (Å²) in [6, 6.07) is 3.88. The van der Waals surface area contributed by atoms with Crippen molar-refractivity contribution in [2.45, 2.75) is 38.1 Å². The fourth-order valence-electron chi connectivity index (χ4n) is 1.70. The zero-order valence-electron chi connectivity index (χ0n) is 11.7. The lowest BCUT2D eigenvalue weighted by Crippen LogP contribution is -2.30. The maximum atomic E-state index is 12.2. The van der Waals surface area contributed by atoms with Gasteiger partial charge in [0.25, 0.3) is 0 Å². The number of nitro benzene ring substituents is 1. The van der Waals surface area contributed by atoms with Gasteiger partial charge >= 0.3 is 5.69 Å². The van der Waals surface area contributed by atoms with Crippen molar-refractivity contribution < 1.29 is 13.3 Å². The number of sulfonamides is 1. The van der Waals surface area contributed by atoms with Gasteiger partial charge in [-0.05, 0) is 32.4 Å². The Labute approximate surface area is 118 Å². The molecule has 0 spiro atoms. The van der Waals surface area contributed by atoms with E-state index in [9.17, 15) is 18.5 Å². The molecule has 7 nitrogen and oxygen atoms in total. The van der Waals surface area contributed by atoms with E-state index in [0.717, 1.165) is 6.42 Å². The molecule has 0 amide bonds. The van der Waals surface area contributed by atoms with Crippen LogP contribution >= 0.6 is 0 Å². The monoisotopic (exact) mass is 301 g/mol. The second-order valence-corrected chi connectivity index (χ2v) is 6.29. The van der Waals surface area contributed by atoms with Crippen LogP contribution in [0.2, 0.25) is 0 Å². The van der Waals surface area contributed by atoms with E-state index in [0.29, 0.717) is 6.54 Å². The first kappa shape index (κ1) is 16.4. The highest BCUT2D eigenvalue weighted by Gasteiger charge is 2.29. The average molecular weight is 301 g/mol. The van der Waals surface area contributed by atoms with Gasteiger partial charge in [0.1, 0.15) is 5.69 Å². The second kappa shape index (κ2) is 6.67. The molecule has 0 bridgehead atoms. The summed E-state index contributed by atoms with van der Waals surface area (Å²) in [6.07, 6.45) is 0.776. The van der Waals surface area contributed by atoms with Crippen LogP contribution in [0.1, 0.15) is 27.2 Å². The Morgan fingerprint density at radius 1 is 1.35 bits per heavy atom. The fourth-order valence-corrected chi connectivity index (χ4v) is 3.15. The van der Waals surface area contributed by atoms with Crippen molar-refractivity contribution in [1.82, 2.24) is 4.72 Å². The third-order valence-corrected chi connectivity index (χ3v) is 4.12. The van der Waals surface area contributed by atoms with Gasteiger partial charge in [-0.1, -0.05) is 13.0 Å². The molecule has 20 heavy (non-hydrogen) atoms. The normalized spacial score (nSPS) is 11.6.